The molecule has 0 bridgehead atoms. The molecule has 0 unspecified atom stereocenters. The Bertz CT molecular complexity index is 871. The predicted molar refractivity (Wildman–Crippen MR) is 137 cm³/mol. The maximum Gasteiger partial charge on any atom is 0.261 e. The molecule has 0 radical (unpaired) electrons. The minimum absolute atomic E-state index is 0.0302. The number of hydrogen-bond donors (Lipinski definition) is 0. The summed E-state index contributed by atoms with van der Waals surface area (Å²) < 4.78 is 23.9. The molecule has 176 valence electrons. The van der Waals surface area contributed by atoms with Crippen molar-refractivity contribution >= 4 is 18.7 Å². The van der Waals surface area contributed by atoms with Crippen LogP contribution in [-0.2, 0) is 13.9 Å². The second-order valence-electron chi connectivity index (χ2n) is 8.90. The zero-order valence-electron chi connectivity index (χ0n) is 20.0. The Morgan fingerprint density at radius 3 is 1.45 bits per heavy atom. The van der Waals surface area contributed by atoms with Gasteiger partial charge in [0.05, 0.1) is 33.0 Å². The smallest absolute Gasteiger partial charge is 0.261 e. The third kappa shape index (κ3) is 7.02. The van der Waals surface area contributed by atoms with Crippen LogP contribution in [0.3, 0.4) is 0 Å². The van der Waals surface area contributed by atoms with Gasteiger partial charge in [-0.15, -0.1) is 0 Å². The highest BCUT2D eigenvalue weighted by atomic mass is 28.4. The summed E-state index contributed by atoms with van der Waals surface area (Å²) in [6, 6.07) is 31.1. The molecule has 0 spiro atoms. The monoisotopic (exact) mass is 464 g/mol. The highest BCUT2D eigenvalue weighted by Crippen LogP contribution is 2.36. The molecule has 3 rings (SSSR count). The van der Waals surface area contributed by atoms with E-state index >= 15 is 0 Å². The van der Waals surface area contributed by atoms with Crippen LogP contribution in [0.1, 0.15) is 20.8 Å². The standard InChI is InChI=1S/C28H36O4Si/c1-28(2,3)33(26-15-9-5-10-16-26,27-17-11-6-12-18-27)32-24-22-30-20-19-29-21-23-31-25-13-7-4-8-14-25/h4-18H,19-24H2,1-3H3. The molecular formula is C28H36O4Si. The zero-order valence-corrected chi connectivity index (χ0v) is 21.0. The lowest BCUT2D eigenvalue weighted by Gasteiger charge is -2.43. The van der Waals surface area contributed by atoms with Crippen molar-refractivity contribution < 1.29 is 18.6 Å². The van der Waals surface area contributed by atoms with Gasteiger partial charge >= 0.3 is 0 Å². The van der Waals surface area contributed by atoms with Crippen LogP contribution in [0.2, 0.25) is 5.04 Å². The van der Waals surface area contributed by atoms with Crippen LogP contribution < -0.4 is 15.1 Å². The van der Waals surface area contributed by atoms with Crippen molar-refractivity contribution in [1.82, 2.24) is 0 Å². The van der Waals surface area contributed by atoms with Crippen LogP contribution in [0.5, 0.6) is 5.75 Å². The average Bonchev–Trinajstić information content (AvgIpc) is 2.84. The molecule has 0 aromatic heterocycles. The molecule has 0 N–H and O–H groups in total. The van der Waals surface area contributed by atoms with Crippen LogP contribution >= 0.6 is 0 Å². The maximum absolute atomic E-state index is 6.81. The first-order chi connectivity index (χ1) is 16.0. The summed E-state index contributed by atoms with van der Waals surface area (Å²) in [5.41, 5.74) is 0. The number of rotatable bonds is 13. The van der Waals surface area contributed by atoms with Gasteiger partial charge in [0.2, 0.25) is 0 Å². The topological polar surface area (TPSA) is 36.9 Å². The second kappa shape index (κ2) is 12.7. The van der Waals surface area contributed by atoms with Gasteiger partial charge in [0.15, 0.2) is 0 Å². The van der Waals surface area contributed by atoms with E-state index in [1.54, 1.807) is 0 Å². The van der Waals surface area contributed by atoms with Gasteiger partial charge in [0, 0.05) is 0 Å². The molecule has 0 aliphatic heterocycles. The van der Waals surface area contributed by atoms with Gasteiger partial charge < -0.3 is 18.6 Å². The minimum atomic E-state index is -2.50. The Morgan fingerprint density at radius 1 is 0.545 bits per heavy atom. The summed E-state index contributed by atoms with van der Waals surface area (Å²) in [6.07, 6.45) is 0. The molecule has 0 saturated carbocycles. The SMILES string of the molecule is CC(C)(C)[Si](OCCOCCOCCOc1ccccc1)(c1ccccc1)c1ccccc1. The van der Waals surface area contributed by atoms with Crippen molar-refractivity contribution in [2.45, 2.75) is 25.8 Å². The molecule has 0 fully saturated rings. The Hall–Kier alpha value is -2.44. The number of benzene rings is 3. The summed E-state index contributed by atoms with van der Waals surface area (Å²) in [5.74, 6) is 0.859. The van der Waals surface area contributed by atoms with Gasteiger partial charge in [-0.25, -0.2) is 0 Å². The van der Waals surface area contributed by atoms with E-state index in [2.05, 4.69) is 81.4 Å². The van der Waals surface area contributed by atoms with E-state index in [0.29, 0.717) is 39.6 Å². The quantitative estimate of drug-likeness (QED) is 0.272. The molecule has 3 aromatic rings. The van der Waals surface area contributed by atoms with Gasteiger partial charge in [-0.3, -0.25) is 0 Å². The normalized spacial score (nSPS) is 12.0. The van der Waals surface area contributed by atoms with Crippen molar-refractivity contribution in [3.05, 3.63) is 91.0 Å². The Morgan fingerprint density at radius 2 is 0.970 bits per heavy atom. The molecule has 0 aliphatic carbocycles. The Balaban J connectivity index is 1.47. The van der Waals surface area contributed by atoms with Crippen LogP contribution in [0.15, 0.2) is 91.0 Å². The zero-order chi connectivity index (χ0) is 23.4. The van der Waals surface area contributed by atoms with E-state index in [1.165, 1.54) is 10.4 Å². The van der Waals surface area contributed by atoms with E-state index in [4.69, 9.17) is 18.6 Å². The van der Waals surface area contributed by atoms with Gasteiger partial charge in [0.25, 0.3) is 8.32 Å². The van der Waals surface area contributed by atoms with Crippen molar-refractivity contribution in [1.29, 1.82) is 0 Å². The van der Waals surface area contributed by atoms with E-state index in [9.17, 15) is 0 Å². The molecule has 0 saturated heterocycles. The number of ether oxygens (including phenoxy) is 3. The van der Waals surface area contributed by atoms with E-state index in [-0.39, 0.29) is 5.04 Å². The van der Waals surface area contributed by atoms with Gasteiger partial charge in [-0.05, 0) is 27.5 Å². The fraction of sp³-hybridized carbons (Fsp3) is 0.357. The average molecular weight is 465 g/mol. The third-order valence-electron chi connectivity index (χ3n) is 5.57. The van der Waals surface area contributed by atoms with Gasteiger partial charge in [-0.2, -0.15) is 0 Å². The largest absolute Gasteiger partial charge is 0.491 e. The molecular weight excluding hydrogens is 428 g/mol. The Labute approximate surface area is 199 Å². The van der Waals surface area contributed by atoms with Crippen LogP contribution in [0.4, 0.5) is 0 Å². The highest BCUT2D eigenvalue weighted by Gasteiger charge is 2.49. The lowest BCUT2D eigenvalue weighted by molar-refractivity contribution is 0.0264. The predicted octanol–water partition coefficient (Wildman–Crippen LogP) is 4.68. The summed E-state index contributed by atoms with van der Waals surface area (Å²) in [7, 11) is -2.50. The van der Waals surface area contributed by atoms with Crippen molar-refractivity contribution in [3.63, 3.8) is 0 Å². The maximum atomic E-state index is 6.81. The van der Waals surface area contributed by atoms with E-state index < -0.39 is 8.32 Å². The fourth-order valence-electron chi connectivity index (χ4n) is 4.07. The molecule has 0 atom stereocenters. The second-order valence-corrected chi connectivity index (χ2v) is 13.2. The summed E-state index contributed by atoms with van der Waals surface area (Å²) in [4.78, 5) is 0. The van der Waals surface area contributed by atoms with E-state index in [1.807, 2.05) is 30.3 Å². The first-order valence-corrected chi connectivity index (χ1v) is 13.5. The molecule has 5 heteroatoms. The summed E-state index contributed by atoms with van der Waals surface area (Å²) in [5, 5.41) is 2.54. The molecule has 0 amide bonds. The van der Waals surface area contributed by atoms with Crippen molar-refractivity contribution in [2.24, 2.45) is 0 Å². The molecule has 4 nitrogen and oxygen atoms in total. The lowest BCUT2D eigenvalue weighted by Crippen LogP contribution is -2.66. The minimum Gasteiger partial charge on any atom is -0.491 e. The summed E-state index contributed by atoms with van der Waals surface area (Å²) in [6.45, 7) is 10.1. The van der Waals surface area contributed by atoms with Gasteiger partial charge in [-0.1, -0.05) is 99.6 Å². The molecule has 0 aliphatic rings. The van der Waals surface area contributed by atoms with Crippen LogP contribution in [0.25, 0.3) is 0 Å². The van der Waals surface area contributed by atoms with Crippen LogP contribution in [-0.4, -0.2) is 48.0 Å². The Kier molecular flexibility index (Phi) is 9.70. The number of para-hydroxylation sites is 1. The third-order valence-corrected chi connectivity index (χ3v) is 10.6. The summed E-state index contributed by atoms with van der Waals surface area (Å²) >= 11 is 0. The van der Waals surface area contributed by atoms with E-state index in [0.717, 1.165) is 5.75 Å². The van der Waals surface area contributed by atoms with Gasteiger partial charge in [0.1, 0.15) is 12.4 Å². The first kappa shape index (κ1) is 25.2. The fourth-order valence-corrected chi connectivity index (χ4v) is 8.62. The highest BCUT2D eigenvalue weighted by molar-refractivity contribution is 6.99. The first-order valence-electron chi connectivity index (χ1n) is 11.6. The lowest BCUT2D eigenvalue weighted by atomic mass is 10.2. The number of hydrogen-bond acceptors (Lipinski definition) is 4. The molecule has 33 heavy (non-hydrogen) atoms. The van der Waals surface area contributed by atoms with Crippen molar-refractivity contribution in [3.8, 4) is 5.75 Å². The van der Waals surface area contributed by atoms with Crippen molar-refractivity contribution in [2.75, 3.05) is 39.6 Å². The van der Waals surface area contributed by atoms with Crippen LogP contribution in [0, 0.1) is 0 Å². The molecule has 3 aromatic carbocycles. The molecule has 0 heterocycles.